The number of aryl methyl sites for hydroxylation is 1. The number of rotatable bonds is 2. The van der Waals surface area contributed by atoms with Crippen LogP contribution in [0.2, 0.25) is 0 Å². The first kappa shape index (κ1) is 15.0. The summed E-state index contributed by atoms with van der Waals surface area (Å²) in [6.07, 6.45) is 0. The van der Waals surface area contributed by atoms with E-state index < -0.39 is 0 Å². The summed E-state index contributed by atoms with van der Waals surface area (Å²) in [5, 5.41) is 4.67. The van der Waals surface area contributed by atoms with Gasteiger partial charge in [-0.15, -0.1) is 0 Å². The van der Waals surface area contributed by atoms with Crippen LogP contribution in [0.5, 0.6) is 5.75 Å². The molecule has 0 aliphatic heterocycles. The van der Waals surface area contributed by atoms with Gasteiger partial charge >= 0.3 is 0 Å². The molecule has 0 radical (unpaired) electrons. The summed E-state index contributed by atoms with van der Waals surface area (Å²) in [5.41, 5.74) is 5.46. The monoisotopic (exact) mass is 338 g/mol. The van der Waals surface area contributed by atoms with Crippen molar-refractivity contribution in [3.05, 3.63) is 78.4 Å². The topological polar surface area (TPSA) is 22.4 Å². The molecule has 1 heterocycles. The Morgan fingerprint density at radius 1 is 0.808 bits per heavy atom. The zero-order valence-electron chi connectivity index (χ0n) is 14.7. The predicted octanol–water partition coefficient (Wildman–Crippen LogP) is 6.72. The Labute approximate surface area is 151 Å². The molecule has 0 spiro atoms. The summed E-state index contributed by atoms with van der Waals surface area (Å²) in [6.45, 7) is 2.12. The van der Waals surface area contributed by atoms with Crippen molar-refractivity contribution in [2.45, 2.75) is 6.92 Å². The van der Waals surface area contributed by atoms with Crippen LogP contribution < -0.4 is 4.74 Å². The first-order valence-corrected chi connectivity index (χ1v) is 8.73. The largest absolute Gasteiger partial charge is 0.497 e. The standard InChI is InChI=1S/C24H18O2/c1-15-7-12-19-17(13-15)14-21(16-8-10-18(25-2)11-9-16)23-20-5-3-4-6-22(20)26-24(19)23/h3-14H,1-2H3. The molecule has 0 amide bonds. The lowest BCUT2D eigenvalue weighted by Gasteiger charge is -2.09. The molecule has 5 rings (SSSR count). The third kappa shape index (κ3) is 2.19. The van der Waals surface area contributed by atoms with E-state index in [4.69, 9.17) is 9.15 Å². The predicted molar refractivity (Wildman–Crippen MR) is 108 cm³/mol. The first-order valence-electron chi connectivity index (χ1n) is 8.73. The summed E-state index contributed by atoms with van der Waals surface area (Å²) in [7, 11) is 1.69. The van der Waals surface area contributed by atoms with E-state index in [9.17, 15) is 0 Å². The van der Waals surface area contributed by atoms with E-state index in [-0.39, 0.29) is 0 Å². The average Bonchev–Trinajstić information content (AvgIpc) is 3.07. The summed E-state index contributed by atoms with van der Waals surface area (Å²) >= 11 is 0. The van der Waals surface area contributed by atoms with E-state index in [0.717, 1.165) is 33.3 Å². The van der Waals surface area contributed by atoms with Crippen molar-refractivity contribution in [3.8, 4) is 16.9 Å². The summed E-state index contributed by atoms with van der Waals surface area (Å²) in [4.78, 5) is 0. The Morgan fingerprint density at radius 2 is 1.62 bits per heavy atom. The van der Waals surface area contributed by atoms with E-state index >= 15 is 0 Å². The summed E-state index contributed by atoms with van der Waals surface area (Å²) in [5.74, 6) is 0.860. The number of para-hydroxylation sites is 1. The number of fused-ring (bicyclic) bond motifs is 5. The van der Waals surface area contributed by atoms with Crippen LogP contribution in [0.15, 0.2) is 77.2 Å². The van der Waals surface area contributed by atoms with Crippen molar-refractivity contribution in [1.82, 2.24) is 0 Å². The highest BCUT2D eigenvalue weighted by Gasteiger charge is 2.16. The van der Waals surface area contributed by atoms with Crippen molar-refractivity contribution in [1.29, 1.82) is 0 Å². The van der Waals surface area contributed by atoms with Gasteiger partial charge in [0, 0.05) is 16.2 Å². The number of benzene rings is 4. The molecule has 26 heavy (non-hydrogen) atoms. The molecule has 0 aliphatic rings. The second-order valence-electron chi connectivity index (χ2n) is 6.68. The van der Waals surface area contributed by atoms with E-state index in [1.165, 1.54) is 21.9 Å². The number of hydrogen-bond acceptors (Lipinski definition) is 2. The summed E-state index contributed by atoms with van der Waals surface area (Å²) < 4.78 is 11.6. The van der Waals surface area contributed by atoms with Gasteiger partial charge in [0.1, 0.15) is 16.9 Å². The Bertz CT molecular complexity index is 1260. The maximum atomic E-state index is 6.29. The summed E-state index contributed by atoms with van der Waals surface area (Å²) in [6, 6.07) is 25.3. The fraction of sp³-hybridized carbons (Fsp3) is 0.0833. The Kier molecular flexibility index (Phi) is 3.26. The van der Waals surface area contributed by atoms with Gasteiger partial charge in [-0.1, -0.05) is 54.1 Å². The third-order valence-corrected chi connectivity index (χ3v) is 5.02. The maximum Gasteiger partial charge on any atom is 0.143 e. The first-order chi connectivity index (χ1) is 12.7. The molecule has 0 unspecified atom stereocenters. The van der Waals surface area contributed by atoms with Gasteiger partial charge in [-0.3, -0.25) is 0 Å². The highest BCUT2D eigenvalue weighted by atomic mass is 16.5. The zero-order valence-corrected chi connectivity index (χ0v) is 14.7. The van der Waals surface area contributed by atoms with Crippen molar-refractivity contribution < 1.29 is 9.15 Å². The van der Waals surface area contributed by atoms with Crippen LogP contribution in [-0.4, -0.2) is 7.11 Å². The molecule has 0 fully saturated rings. The van der Waals surface area contributed by atoms with Crippen LogP contribution in [0.4, 0.5) is 0 Å². The Morgan fingerprint density at radius 3 is 2.42 bits per heavy atom. The average molecular weight is 338 g/mol. The molecule has 5 aromatic rings. The number of hydrogen-bond donors (Lipinski definition) is 0. The van der Waals surface area contributed by atoms with Crippen LogP contribution in [0.25, 0.3) is 43.8 Å². The molecule has 0 saturated carbocycles. The lowest BCUT2D eigenvalue weighted by atomic mass is 9.94. The van der Waals surface area contributed by atoms with Crippen molar-refractivity contribution in [2.24, 2.45) is 0 Å². The minimum atomic E-state index is 0.860. The van der Waals surface area contributed by atoms with Crippen LogP contribution in [0.1, 0.15) is 5.56 Å². The highest BCUT2D eigenvalue weighted by Crippen LogP contribution is 2.41. The lowest BCUT2D eigenvalue weighted by Crippen LogP contribution is -1.85. The number of furan rings is 1. The van der Waals surface area contributed by atoms with Crippen LogP contribution in [-0.2, 0) is 0 Å². The fourth-order valence-corrected chi connectivity index (χ4v) is 3.74. The minimum absolute atomic E-state index is 0.860. The number of methoxy groups -OCH3 is 1. The minimum Gasteiger partial charge on any atom is -0.497 e. The van der Waals surface area contributed by atoms with Gasteiger partial charge in [-0.05, 0) is 47.7 Å². The van der Waals surface area contributed by atoms with Crippen LogP contribution in [0, 0.1) is 6.92 Å². The third-order valence-electron chi connectivity index (χ3n) is 5.02. The van der Waals surface area contributed by atoms with Gasteiger partial charge < -0.3 is 9.15 Å². The Hall–Kier alpha value is -3.26. The van der Waals surface area contributed by atoms with Crippen molar-refractivity contribution in [2.75, 3.05) is 7.11 Å². The zero-order chi connectivity index (χ0) is 17.7. The molecular weight excluding hydrogens is 320 g/mol. The van der Waals surface area contributed by atoms with Gasteiger partial charge in [0.05, 0.1) is 7.11 Å². The highest BCUT2D eigenvalue weighted by molar-refractivity contribution is 6.21. The normalized spacial score (nSPS) is 11.5. The van der Waals surface area contributed by atoms with E-state index in [2.05, 4.69) is 55.5 Å². The van der Waals surface area contributed by atoms with Gasteiger partial charge in [0.15, 0.2) is 0 Å². The lowest BCUT2D eigenvalue weighted by molar-refractivity contribution is 0.415. The second-order valence-corrected chi connectivity index (χ2v) is 6.68. The van der Waals surface area contributed by atoms with Gasteiger partial charge in [-0.2, -0.15) is 0 Å². The van der Waals surface area contributed by atoms with Gasteiger partial charge in [-0.25, -0.2) is 0 Å². The fourth-order valence-electron chi connectivity index (χ4n) is 3.74. The van der Waals surface area contributed by atoms with E-state index in [1.54, 1.807) is 7.11 Å². The quantitative estimate of drug-likeness (QED) is 0.356. The number of ether oxygens (including phenoxy) is 1. The van der Waals surface area contributed by atoms with Crippen LogP contribution >= 0.6 is 0 Å². The molecule has 2 heteroatoms. The van der Waals surface area contributed by atoms with Crippen molar-refractivity contribution >= 4 is 32.7 Å². The SMILES string of the molecule is COc1ccc(-c2cc3cc(C)ccc3c3oc4ccccc4c23)cc1. The van der Waals surface area contributed by atoms with Crippen molar-refractivity contribution in [3.63, 3.8) is 0 Å². The van der Waals surface area contributed by atoms with E-state index in [1.807, 2.05) is 24.3 Å². The smallest absolute Gasteiger partial charge is 0.143 e. The second kappa shape index (κ2) is 5.63. The molecular formula is C24H18O2. The molecule has 0 atom stereocenters. The van der Waals surface area contributed by atoms with Gasteiger partial charge in [0.25, 0.3) is 0 Å². The van der Waals surface area contributed by atoms with E-state index in [0.29, 0.717) is 0 Å². The molecule has 0 N–H and O–H groups in total. The van der Waals surface area contributed by atoms with Gasteiger partial charge in [0.2, 0.25) is 0 Å². The molecule has 1 aromatic heterocycles. The maximum absolute atomic E-state index is 6.29. The van der Waals surface area contributed by atoms with Crippen LogP contribution in [0.3, 0.4) is 0 Å². The molecule has 2 nitrogen and oxygen atoms in total. The Balaban J connectivity index is 1.95. The molecule has 0 aliphatic carbocycles. The molecule has 126 valence electrons. The molecule has 4 aromatic carbocycles. The molecule has 0 bridgehead atoms. The molecule has 0 saturated heterocycles.